The van der Waals surface area contributed by atoms with Crippen molar-refractivity contribution in [1.82, 2.24) is 35.1 Å². The predicted molar refractivity (Wildman–Crippen MR) is 162 cm³/mol. The van der Waals surface area contributed by atoms with Crippen LogP contribution in [0.3, 0.4) is 0 Å². The van der Waals surface area contributed by atoms with E-state index in [1.807, 2.05) is 25.8 Å². The first-order chi connectivity index (χ1) is 20.7. The third kappa shape index (κ3) is 8.37. The number of alkyl halides is 1. The Morgan fingerprint density at radius 2 is 1.72 bits per heavy atom. The minimum atomic E-state index is -1.39. The number of carbonyl (C=O) groups is 1. The molecule has 1 amide bonds. The summed E-state index contributed by atoms with van der Waals surface area (Å²) >= 11 is 0. The summed E-state index contributed by atoms with van der Waals surface area (Å²) in [4.78, 5) is 27.6. The smallest absolute Gasteiger partial charge is 0.407 e. The van der Waals surface area contributed by atoms with E-state index in [1.165, 1.54) is 0 Å². The Balaban J connectivity index is 1.18. The van der Waals surface area contributed by atoms with Crippen LogP contribution in [0.5, 0.6) is 0 Å². The highest BCUT2D eigenvalue weighted by atomic mass is 19.1. The SMILES string of the molecule is CC(C)(C)OC(=O)NCCN1CCN(C2CN(N3CCN(c4ccc(CN)cc4)CC3)C(F)C(c3ncccn3)O2)CC1. The number of benzene rings is 1. The summed E-state index contributed by atoms with van der Waals surface area (Å²) in [5.41, 5.74) is 7.50. The molecule has 0 aliphatic carbocycles. The van der Waals surface area contributed by atoms with Crippen LogP contribution in [0, 0.1) is 0 Å². The van der Waals surface area contributed by atoms with Crippen molar-refractivity contribution in [3.8, 4) is 0 Å². The Kier molecular flexibility index (Phi) is 10.4. The number of nitrogens with one attached hydrogen (secondary N) is 1. The molecule has 3 unspecified atom stereocenters. The van der Waals surface area contributed by atoms with Gasteiger partial charge in [0.2, 0.25) is 0 Å². The molecule has 1 aromatic carbocycles. The van der Waals surface area contributed by atoms with Gasteiger partial charge in [-0.1, -0.05) is 12.1 Å². The van der Waals surface area contributed by atoms with Crippen LogP contribution in [0.1, 0.15) is 38.3 Å². The van der Waals surface area contributed by atoms with E-state index >= 15 is 4.39 Å². The van der Waals surface area contributed by atoms with Crippen LogP contribution in [-0.2, 0) is 16.0 Å². The number of hydrazine groups is 1. The number of hydrogen-bond donors (Lipinski definition) is 2. The quantitative estimate of drug-likeness (QED) is 0.433. The summed E-state index contributed by atoms with van der Waals surface area (Å²) in [7, 11) is 0. The minimum Gasteiger partial charge on any atom is -0.444 e. The Labute approximate surface area is 253 Å². The number of nitrogens with zero attached hydrogens (tertiary/aromatic N) is 7. The molecular weight excluding hydrogens is 553 g/mol. The standard InChI is InChI=1S/C30H46FN9O3/c1-30(2,3)43-29(41)35-11-12-36-13-15-38(16-14-36)25-22-40(27(31)26(42-25)28-33-9-4-10-34-28)39-19-17-37(18-20-39)24-7-5-23(21-32)6-8-24/h4-10,25-27H,11-22,32H2,1-3H3,(H,35,41). The van der Waals surface area contributed by atoms with E-state index in [2.05, 4.69) is 59.3 Å². The number of alkyl carbamates (subject to hydrolysis) is 1. The Bertz CT molecular complexity index is 1150. The number of nitrogens with two attached hydrogens (primary N) is 1. The van der Waals surface area contributed by atoms with E-state index in [4.69, 9.17) is 15.2 Å². The number of amides is 1. The summed E-state index contributed by atoms with van der Waals surface area (Å²) in [5.74, 6) is 0.357. The highest BCUT2D eigenvalue weighted by Crippen LogP contribution is 2.33. The molecular formula is C30H46FN9O3. The van der Waals surface area contributed by atoms with Crippen LogP contribution in [-0.4, -0.2) is 126 Å². The van der Waals surface area contributed by atoms with Gasteiger partial charge in [-0.05, 0) is 44.5 Å². The first kappa shape index (κ1) is 31.5. The van der Waals surface area contributed by atoms with Crippen molar-refractivity contribution in [2.75, 3.05) is 76.9 Å². The number of aromatic nitrogens is 2. The normalized spacial score (nSPS) is 25.0. The van der Waals surface area contributed by atoms with Gasteiger partial charge in [-0.2, -0.15) is 0 Å². The van der Waals surface area contributed by atoms with Gasteiger partial charge in [0.15, 0.2) is 18.2 Å². The van der Waals surface area contributed by atoms with Crippen molar-refractivity contribution in [1.29, 1.82) is 0 Å². The average Bonchev–Trinajstić information content (AvgIpc) is 3.01. The van der Waals surface area contributed by atoms with Crippen LogP contribution in [0.4, 0.5) is 14.9 Å². The van der Waals surface area contributed by atoms with Crippen LogP contribution < -0.4 is 16.0 Å². The van der Waals surface area contributed by atoms with E-state index in [9.17, 15) is 4.79 Å². The number of piperazine rings is 2. The second kappa shape index (κ2) is 14.2. The fraction of sp³-hybridized carbons (Fsp3) is 0.633. The minimum absolute atomic E-state index is 0.301. The second-order valence-electron chi connectivity index (χ2n) is 12.2. The van der Waals surface area contributed by atoms with E-state index in [-0.39, 0.29) is 6.23 Å². The molecule has 0 radical (unpaired) electrons. The molecule has 12 nitrogen and oxygen atoms in total. The lowest BCUT2D eigenvalue weighted by molar-refractivity contribution is -0.264. The molecule has 1 aromatic heterocycles. The van der Waals surface area contributed by atoms with Crippen LogP contribution >= 0.6 is 0 Å². The van der Waals surface area contributed by atoms with Crippen molar-refractivity contribution in [3.63, 3.8) is 0 Å². The Morgan fingerprint density at radius 3 is 2.35 bits per heavy atom. The molecule has 4 heterocycles. The fourth-order valence-electron chi connectivity index (χ4n) is 5.77. The maximum absolute atomic E-state index is 16.2. The van der Waals surface area contributed by atoms with Crippen molar-refractivity contribution in [2.45, 2.75) is 51.5 Å². The van der Waals surface area contributed by atoms with Gasteiger partial charge < -0.3 is 25.4 Å². The van der Waals surface area contributed by atoms with E-state index in [0.29, 0.717) is 38.5 Å². The zero-order chi connectivity index (χ0) is 30.4. The van der Waals surface area contributed by atoms with Gasteiger partial charge in [0.05, 0.1) is 6.54 Å². The molecule has 43 heavy (non-hydrogen) atoms. The van der Waals surface area contributed by atoms with Gasteiger partial charge in [-0.15, -0.1) is 0 Å². The summed E-state index contributed by atoms with van der Waals surface area (Å²) in [6.45, 7) is 13.9. The molecule has 3 aliphatic heterocycles. The van der Waals surface area contributed by atoms with Crippen molar-refractivity contribution in [2.24, 2.45) is 5.73 Å². The molecule has 0 spiro atoms. The first-order valence-corrected chi connectivity index (χ1v) is 15.3. The summed E-state index contributed by atoms with van der Waals surface area (Å²) in [5, 5.41) is 6.79. The monoisotopic (exact) mass is 599 g/mol. The maximum Gasteiger partial charge on any atom is 0.407 e. The van der Waals surface area contributed by atoms with Crippen LogP contribution in [0.25, 0.3) is 0 Å². The van der Waals surface area contributed by atoms with Gasteiger partial charge in [0, 0.05) is 90.1 Å². The molecule has 3 saturated heterocycles. The number of morpholine rings is 1. The highest BCUT2D eigenvalue weighted by molar-refractivity contribution is 5.67. The lowest BCUT2D eigenvalue weighted by atomic mass is 10.2. The second-order valence-corrected chi connectivity index (χ2v) is 12.2. The summed E-state index contributed by atoms with van der Waals surface area (Å²) in [6, 6.07) is 10.1. The largest absolute Gasteiger partial charge is 0.444 e. The molecule has 3 fully saturated rings. The molecule has 0 bridgehead atoms. The van der Waals surface area contributed by atoms with Gasteiger partial charge in [-0.3, -0.25) is 9.80 Å². The molecule has 3 atom stereocenters. The van der Waals surface area contributed by atoms with Crippen LogP contribution in [0.15, 0.2) is 42.7 Å². The predicted octanol–water partition coefficient (Wildman–Crippen LogP) is 1.81. The van der Waals surface area contributed by atoms with Gasteiger partial charge in [-0.25, -0.2) is 29.2 Å². The number of halogens is 1. The maximum atomic E-state index is 16.2. The van der Waals surface area contributed by atoms with Gasteiger partial charge in [0.1, 0.15) is 11.8 Å². The number of rotatable bonds is 8. The summed E-state index contributed by atoms with van der Waals surface area (Å²) < 4.78 is 27.9. The number of ether oxygens (including phenoxy) is 2. The van der Waals surface area contributed by atoms with Crippen molar-refractivity contribution < 1.29 is 18.7 Å². The molecule has 2 aromatic rings. The first-order valence-electron chi connectivity index (χ1n) is 15.3. The zero-order valence-corrected chi connectivity index (χ0v) is 25.6. The fourth-order valence-corrected chi connectivity index (χ4v) is 5.77. The molecule has 3 N–H and O–H groups in total. The van der Waals surface area contributed by atoms with Gasteiger partial charge >= 0.3 is 6.09 Å². The Morgan fingerprint density at radius 1 is 1.05 bits per heavy atom. The molecule has 0 saturated carbocycles. The molecule has 13 heteroatoms. The zero-order valence-electron chi connectivity index (χ0n) is 25.6. The number of anilines is 1. The van der Waals surface area contributed by atoms with Crippen molar-refractivity contribution >= 4 is 11.8 Å². The van der Waals surface area contributed by atoms with E-state index < -0.39 is 24.1 Å². The number of carbonyl (C=O) groups excluding carboxylic acids is 1. The Hall–Kier alpha value is -2.94. The molecule has 236 valence electrons. The molecule has 5 rings (SSSR count). The lowest BCUT2D eigenvalue weighted by Crippen LogP contribution is -2.65. The van der Waals surface area contributed by atoms with Crippen LogP contribution in [0.2, 0.25) is 0 Å². The highest BCUT2D eigenvalue weighted by Gasteiger charge is 2.45. The third-order valence-electron chi connectivity index (χ3n) is 8.09. The topological polar surface area (TPSA) is 116 Å². The number of hydrogen-bond acceptors (Lipinski definition) is 11. The van der Waals surface area contributed by atoms with Gasteiger partial charge in [0.25, 0.3) is 0 Å². The lowest BCUT2D eigenvalue weighted by Gasteiger charge is -2.50. The molecule has 3 aliphatic rings. The van der Waals surface area contributed by atoms with E-state index in [1.54, 1.807) is 18.5 Å². The van der Waals surface area contributed by atoms with E-state index in [0.717, 1.165) is 57.1 Å². The van der Waals surface area contributed by atoms with Crippen molar-refractivity contribution in [3.05, 3.63) is 54.1 Å². The third-order valence-corrected chi connectivity index (χ3v) is 8.09. The summed E-state index contributed by atoms with van der Waals surface area (Å²) in [6.07, 6.45) is 0.273. The average molecular weight is 600 g/mol.